The van der Waals surface area contributed by atoms with E-state index in [2.05, 4.69) is 30.3 Å². The van der Waals surface area contributed by atoms with Crippen LogP contribution in [0, 0.1) is 0 Å². The summed E-state index contributed by atoms with van der Waals surface area (Å²) in [6, 6.07) is 0. The lowest BCUT2D eigenvalue weighted by Gasteiger charge is -2.05. The molecule has 2 heterocycles. The van der Waals surface area contributed by atoms with Crippen molar-refractivity contribution >= 4 is 10.0 Å². The van der Waals surface area contributed by atoms with E-state index in [0.29, 0.717) is 24.4 Å². The van der Waals surface area contributed by atoms with Crippen LogP contribution in [0.15, 0.2) is 17.6 Å². The fourth-order valence-electron chi connectivity index (χ4n) is 1.72. The van der Waals surface area contributed by atoms with Crippen molar-refractivity contribution in [3.05, 3.63) is 23.9 Å². The molecule has 2 aromatic rings. The summed E-state index contributed by atoms with van der Waals surface area (Å²) in [4.78, 5) is 4.03. The van der Waals surface area contributed by atoms with Crippen molar-refractivity contribution in [1.82, 2.24) is 35.0 Å². The van der Waals surface area contributed by atoms with E-state index in [-0.39, 0.29) is 11.6 Å². The summed E-state index contributed by atoms with van der Waals surface area (Å²) in [7, 11) is -0.105. The predicted molar refractivity (Wildman–Crippen MR) is 71.2 cm³/mol. The van der Waals surface area contributed by atoms with Gasteiger partial charge in [-0.3, -0.25) is 9.78 Å². The third-order valence-corrected chi connectivity index (χ3v) is 4.08. The van der Waals surface area contributed by atoms with Gasteiger partial charge in [0.25, 0.3) is 10.0 Å². The molecule has 2 aromatic heterocycles. The molecule has 3 N–H and O–H groups in total. The monoisotopic (exact) mass is 299 g/mol. The summed E-state index contributed by atoms with van der Waals surface area (Å²) >= 11 is 0. The van der Waals surface area contributed by atoms with Gasteiger partial charge in [-0.2, -0.15) is 10.2 Å². The summed E-state index contributed by atoms with van der Waals surface area (Å²) in [5.74, 6) is 0.593. The summed E-state index contributed by atoms with van der Waals surface area (Å²) in [5.41, 5.74) is 0.593. The third kappa shape index (κ3) is 3.40. The fourth-order valence-corrected chi connectivity index (χ4v) is 2.87. The van der Waals surface area contributed by atoms with E-state index >= 15 is 0 Å². The number of nitrogens with one attached hydrogen (secondary N) is 3. The molecule has 110 valence electrons. The van der Waals surface area contributed by atoms with Crippen molar-refractivity contribution in [2.75, 3.05) is 13.6 Å². The molecule has 0 saturated heterocycles. The van der Waals surface area contributed by atoms with Crippen molar-refractivity contribution in [2.24, 2.45) is 7.05 Å². The Kier molecular flexibility index (Phi) is 4.47. The molecule has 0 unspecified atom stereocenters. The molecule has 0 aromatic carbocycles. The molecule has 0 bridgehead atoms. The van der Waals surface area contributed by atoms with Gasteiger partial charge in [-0.25, -0.2) is 18.1 Å². The van der Waals surface area contributed by atoms with Gasteiger partial charge in [0.15, 0.2) is 10.9 Å². The summed E-state index contributed by atoms with van der Waals surface area (Å²) < 4.78 is 28.3. The van der Waals surface area contributed by atoms with Gasteiger partial charge in [0.1, 0.15) is 6.33 Å². The van der Waals surface area contributed by atoms with Crippen LogP contribution in [0.1, 0.15) is 11.4 Å². The standard InChI is InChI=1S/C10H17N7O2S/c1-11-5-8-6-13-15-10(8)20(18,19)14-4-3-9-12-7-17(2)16-9/h6-7,11,14H,3-5H2,1-2H3,(H,13,15). The second-order valence-electron chi connectivity index (χ2n) is 4.24. The number of aromatic nitrogens is 5. The first-order valence-electron chi connectivity index (χ1n) is 6.04. The minimum Gasteiger partial charge on any atom is -0.316 e. The molecule has 0 aliphatic heterocycles. The summed E-state index contributed by atoms with van der Waals surface area (Å²) in [5, 5.41) is 13.3. The maximum absolute atomic E-state index is 12.1. The number of hydrogen-bond donors (Lipinski definition) is 3. The lowest BCUT2D eigenvalue weighted by molar-refractivity contribution is 0.574. The number of H-pyrrole nitrogens is 1. The smallest absolute Gasteiger partial charge is 0.257 e. The van der Waals surface area contributed by atoms with E-state index in [4.69, 9.17) is 0 Å². The van der Waals surface area contributed by atoms with E-state index in [1.54, 1.807) is 25.1 Å². The second kappa shape index (κ2) is 6.11. The summed E-state index contributed by atoms with van der Waals surface area (Å²) in [6.45, 7) is 0.652. The number of aryl methyl sites for hydroxylation is 1. The van der Waals surface area contributed by atoms with Gasteiger partial charge >= 0.3 is 0 Å². The van der Waals surface area contributed by atoms with Crippen molar-refractivity contribution in [1.29, 1.82) is 0 Å². The minimum absolute atomic E-state index is 0.0841. The first-order chi connectivity index (χ1) is 9.53. The molecule has 0 saturated carbocycles. The van der Waals surface area contributed by atoms with Crippen LogP contribution in [0.5, 0.6) is 0 Å². The summed E-state index contributed by atoms with van der Waals surface area (Å²) in [6.07, 6.45) is 3.49. The highest BCUT2D eigenvalue weighted by Crippen LogP contribution is 2.11. The topological polar surface area (TPSA) is 118 Å². The molecule has 9 nitrogen and oxygen atoms in total. The average Bonchev–Trinajstić information content (AvgIpc) is 2.99. The van der Waals surface area contributed by atoms with E-state index in [1.165, 1.54) is 6.20 Å². The maximum Gasteiger partial charge on any atom is 0.257 e. The largest absolute Gasteiger partial charge is 0.316 e. The SMILES string of the molecule is CNCc1cn[nH]c1S(=O)(=O)NCCc1ncn(C)n1. The maximum atomic E-state index is 12.1. The van der Waals surface area contributed by atoms with Crippen molar-refractivity contribution in [3.63, 3.8) is 0 Å². The molecule has 0 atom stereocenters. The molecule has 0 spiro atoms. The lowest BCUT2D eigenvalue weighted by atomic mass is 10.4. The van der Waals surface area contributed by atoms with Gasteiger partial charge in [0.2, 0.25) is 0 Å². The van der Waals surface area contributed by atoms with Gasteiger partial charge in [-0.15, -0.1) is 0 Å². The van der Waals surface area contributed by atoms with Crippen LogP contribution in [0.4, 0.5) is 0 Å². The predicted octanol–water partition coefficient (Wildman–Crippen LogP) is -1.22. The van der Waals surface area contributed by atoms with Crippen LogP contribution in [-0.2, 0) is 30.0 Å². The van der Waals surface area contributed by atoms with Crippen LogP contribution >= 0.6 is 0 Å². The molecule has 20 heavy (non-hydrogen) atoms. The van der Waals surface area contributed by atoms with Crippen LogP contribution < -0.4 is 10.0 Å². The number of aromatic amines is 1. The van der Waals surface area contributed by atoms with E-state index in [0.717, 1.165) is 0 Å². The Labute approximate surface area is 116 Å². The van der Waals surface area contributed by atoms with E-state index < -0.39 is 10.0 Å². The van der Waals surface area contributed by atoms with Crippen LogP contribution in [-0.4, -0.2) is 47.0 Å². The van der Waals surface area contributed by atoms with Gasteiger partial charge in [-0.05, 0) is 7.05 Å². The zero-order chi connectivity index (χ0) is 14.6. The average molecular weight is 299 g/mol. The van der Waals surface area contributed by atoms with E-state index in [9.17, 15) is 8.42 Å². The van der Waals surface area contributed by atoms with Crippen molar-refractivity contribution in [3.8, 4) is 0 Å². The number of nitrogens with zero attached hydrogens (tertiary/aromatic N) is 4. The van der Waals surface area contributed by atoms with Gasteiger partial charge in [0.05, 0.1) is 6.20 Å². The molecule has 0 fully saturated rings. The van der Waals surface area contributed by atoms with Crippen LogP contribution in [0.2, 0.25) is 0 Å². The first-order valence-corrected chi connectivity index (χ1v) is 7.52. The normalized spacial score (nSPS) is 11.9. The molecule has 0 aliphatic rings. The molecular formula is C10H17N7O2S. The Morgan fingerprint density at radius 2 is 2.25 bits per heavy atom. The van der Waals surface area contributed by atoms with Crippen LogP contribution in [0.25, 0.3) is 0 Å². The Hall–Kier alpha value is -1.78. The Bertz CT molecular complexity index is 661. The molecular weight excluding hydrogens is 282 g/mol. The lowest BCUT2D eigenvalue weighted by Crippen LogP contribution is -2.28. The van der Waals surface area contributed by atoms with Gasteiger partial charge < -0.3 is 5.32 Å². The fraction of sp³-hybridized carbons (Fsp3) is 0.500. The zero-order valence-electron chi connectivity index (χ0n) is 11.3. The second-order valence-corrected chi connectivity index (χ2v) is 5.94. The highest BCUT2D eigenvalue weighted by atomic mass is 32.2. The quantitative estimate of drug-likeness (QED) is 0.590. The van der Waals surface area contributed by atoms with Crippen LogP contribution in [0.3, 0.4) is 0 Å². The first kappa shape index (κ1) is 14.6. The molecule has 0 amide bonds. The molecule has 0 radical (unpaired) electrons. The number of sulfonamides is 1. The number of rotatable bonds is 7. The van der Waals surface area contributed by atoms with Crippen molar-refractivity contribution < 1.29 is 8.42 Å². The third-order valence-electron chi connectivity index (χ3n) is 2.60. The van der Waals surface area contributed by atoms with Crippen molar-refractivity contribution in [2.45, 2.75) is 18.0 Å². The molecule has 10 heteroatoms. The minimum atomic E-state index is -3.60. The Balaban J connectivity index is 1.98. The van der Waals surface area contributed by atoms with E-state index in [1.807, 2.05) is 0 Å². The zero-order valence-corrected chi connectivity index (χ0v) is 12.1. The highest BCUT2D eigenvalue weighted by Gasteiger charge is 2.20. The molecule has 0 aliphatic carbocycles. The highest BCUT2D eigenvalue weighted by molar-refractivity contribution is 7.89. The number of hydrogen-bond acceptors (Lipinski definition) is 6. The molecule has 2 rings (SSSR count). The Morgan fingerprint density at radius 1 is 1.45 bits per heavy atom. The van der Waals surface area contributed by atoms with Gasteiger partial charge in [-0.1, -0.05) is 0 Å². The Morgan fingerprint density at radius 3 is 2.90 bits per heavy atom. The van der Waals surface area contributed by atoms with Gasteiger partial charge in [0, 0.05) is 32.1 Å².